The van der Waals surface area contributed by atoms with E-state index in [-0.39, 0.29) is 0 Å². The highest BCUT2D eigenvalue weighted by molar-refractivity contribution is 5.36. The summed E-state index contributed by atoms with van der Waals surface area (Å²) >= 11 is 0. The first-order valence-electron chi connectivity index (χ1n) is 6.74. The molecular weight excluding hydrogens is 210 g/mol. The van der Waals surface area contributed by atoms with Crippen LogP contribution in [0.4, 0.5) is 0 Å². The molecule has 0 unspecified atom stereocenters. The van der Waals surface area contributed by atoms with Crippen LogP contribution in [0.25, 0.3) is 0 Å². The first-order chi connectivity index (χ1) is 8.29. The highest BCUT2D eigenvalue weighted by Crippen LogP contribution is 2.21. The van der Waals surface area contributed by atoms with Gasteiger partial charge in [-0.25, -0.2) is 0 Å². The lowest BCUT2D eigenvalue weighted by molar-refractivity contribution is 0.220. The zero-order chi connectivity index (χ0) is 12.1. The van der Waals surface area contributed by atoms with E-state index in [1.54, 1.807) is 0 Å². The van der Waals surface area contributed by atoms with Crippen LogP contribution in [0, 0.1) is 6.92 Å². The summed E-state index contributed by atoms with van der Waals surface area (Å²) in [6, 6.07) is 6.60. The molecule has 1 aromatic rings. The second-order valence-electron chi connectivity index (χ2n) is 4.87. The number of rotatable bonds is 4. The Morgan fingerprint density at radius 3 is 2.65 bits per heavy atom. The molecular formula is C15H23NO. The zero-order valence-electron chi connectivity index (χ0n) is 11.0. The van der Waals surface area contributed by atoms with Crippen molar-refractivity contribution in [2.24, 2.45) is 0 Å². The smallest absolute Gasteiger partial charge is 0.122 e. The number of hydrogen-bond donors (Lipinski definition) is 0. The van der Waals surface area contributed by atoms with Gasteiger partial charge >= 0.3 is 0 Å². The summed E-state index contributed by atoms with van der Waals surface area (Å²) in [5.74, 6) is 1.04. The van der Waals surface area contributed by atoms with E-state index in [1.807, 2.05) is 6.92 Å². The van der Waals surface area contributed by atoms with E-state index in [0.29, 0.717) is 0 Å². The van der Waals surface area contributed by atoms with Crippen LogP contribution in [-0.2, 0) is 6.54 Å². The maximum absolute atomic E-state index is 5.65. The summed E-state index contributed by atoms with van der Waals surface area (Å²) in [4.78, 5) is 2.55. The molecule has 0 amide bonds. The third kappa shape index (κ3) is 3.47. The number of piperidine rings is 1. The van der Waals surface area contributed by atoms with Gasteiger partial charge in [0.05, 0.1) is 6.61 Å². The monoisotopic (exact) mass is 233 g/mol. The average molecular weight is 233 g/mol. The minimum absolute atomic E-state index is 0.744. The molecule has 17 heavy (non-hydrogen) atoms. The first kappa shape index (κ1) is 12.4. The molecule has 2 heteroatoms. The molecule has 1 aliphatic heterocycles. The van der Waals surface area contributed by atoms with Crippen LogP contribution in [0.15, 0.2) is 18.2 Å². The average Bonchev–Trinajstić information content (AvgIpc) is 2.35. The fraction of sp³-hybridized carbons (Fsp3) is 0.600. The van der Waals surface area contributed by atoms with Crippen molar-refractivity contribution in [3.8, 4) is 5.75 Å². The van der Waals surface area contributed by atoms with Crippen molar-refractivity contribution >= 4 is 0 Å². The van der Waals surface area contributed by atoms with Crippen LogP contribution in [-0.4, -0.2) is 24.6 Å². The predicted octanol–water partition coefficient (Wildman–Crippen LogP) is 3.38. The van der Waals surface area contributed by atoms with Gasteiger partial charge in [0.2, 0.25) is 0 Å². The Morgan fingerprint density at radius 2 is 1.94 bits per heavy atom. The fourth-order valence-electron chi connectivity index (χ4n) is 2.43. The van der Waals surface area contributed by atoms with Crippen molar-refractivity contribution < 1.29 is 4.74 Å². The SMILES string of the molecule is CCOc1cc(CN2CCCCC2)ccc1C. The molecule has 94 valence electrons. The molecule has 1 heterocycles. The molecule has 2 nitrogen and oxygen atoms in total. The van der Waals surface area contributed by atoms with E-state index >= 15 is 0 Å². The maximum atomic E-state index is 5.65. The number of aryl methyl sites for hydroxylation is 1. The Hall–Kier alpha value is -1.02. The van der Waals surface area contributed by atoms with Crippen molar-refractivity contribution in [2.45, 2.75) is 39.7 Å². The highest BCUT2D eigenvalue weighted by atomic mass is 16.5. The van der Waals surface area contributed by atoms with Gasteiger partial charge in [0.15, 0.2) is 0 Å². The number of nitrogens with zero attached hydrogens (tertiary/aromatic N) is 1. The maximum Gasteiger partial charge on any atom is 0.122 e. The predicted molar refractivity (Wildman–Crippen MR) is 71.5 cm³/mol. The van der Waals surface area contributed by atoms with Crippen LogP contribution in [0.1, 0.15) is 37.3 Å². The van der Waals surface area contributed by atoms with Gasteiger partial charge in [-0.15, -0.1) is 0 Å². The quantitative estimate of drug-likeness (QED) is 0.790. The number of likely N-dealkylation sites (tertiary alicyclic amines) is 1. The van der Waals surface area contributed by atoms with Crippen LogP contribution < -0.4 is 4.74 Å². The topological polar surface area (TPSA) is 12.5 Å². The van der Waals surface area contributed by atoms with Crippen molar-refractivity contribution in [1.29, 1.82) is 0 Å². The van der Waals surface area contributed by atoms with E-state index in [4.69, 9.17) is 4.74 Å². The molecule has 0 atom stereocenters. The molecule has 0 bridgehead atoms. The second kappa shape index (κ2) is 6.06. The van der Waals surface area contributed by atoms with Gasteiger partial charge in [0.1, 0.15) is 5.75 Å². The van der Waals surface area contributed by atoms with Crippen molar-refractivity contribution in [2.75, 3.05) is 19.7 Å². The van der Waals surface area contributed by atoms with E-state index in [2.05, 4.69) is 30.0 Å². The third-order valence-corrected chi connectivity index (χ3v) is 3.41. The number of hydrogen-bond acceptors (Lipinski definition) is 2. The number of benzene rings is 1. The van der Waals surface area contributed by atoms with Crippen molar-refractivity contribution in [3.05, 3.63) is 29.3 Å². The molecule has 0 spiro atoms. The Balaban J connectivity index is 2.02. The molecule has 1 aromatic carbocycles. The first-order valence-corrected chi connectivity index (χ1v) is 6.74. The molecule has 0 N–H and O–H groups in total. The van der Waals surface area contributed by atoms with Gasteiger partial charge in [0.25, 0.3) is 0 Å². The van der Waals surface area contributed by atoms with Gasteiger partial charge in [-0.1, -0.05) is 18.6 Å². The zero-order valence-corrected chi connectivity index (χ0v) is 11.0. The lowest BCUT2D eigenvalue weighted by Gasteiger charge is -2.26. The summed E-state index contributed by atoms with van der Waals surface area (Å²) in [6.45, 7) is 8.45. The van der Waals surface area contributed by atoms with Gasteiger partial charge in [-0.05, 0) is 57.0 Å². The van der Waals surface area contributed by atoms with Gasteiger partial charge in [-0.2, -0.15) is 0 Å². The van der Waals surface area contributed by atoms with E-state index in [1.165, 1.54) is 43.5 Å². The Morgan fingerprint density at radius 1 is 1.18 bits per heavy atom. The lowest BCUT2D eigenvalue weighted by atomic mass is 10.1. The summed E-state index contributed by atoms with van der Waals surface area (Å²) in [6.07, 6.45) is 4.10. The van der Waals surface area contributed by atoms with Crippen molar-refractivity contribution in [1.82, 2.24) is 4.90 Å². The lowest BCUT2D eigenvalue weighted by Crippen LogP contribution is -2.29. The fourth-order valence-corrected chi connectivity index (χ4v) is 2.43. The molecule has 2 rings (SSSR count). The Bertz CT molecular complexity index is 356. The molecule has 0 radical (unpaired) electrons. The molecule has 1 saturated heterocycles. The van der Waals surface area contributed by atoms with Gasteiger partial charge in [-0.3, -0.25) is 4.90 Å². The van der Waals surface area contributed by atoms with E-state index in [0.717, 1.165) is 18.9 Å². The van der Waals surface area contributed by atoms with E-state index in [9.17, 15) is 0 Å². The second-order valence-corrected chi connectivity index (χ2v) is 4.87. The summed E-state index contributed by atoms with van der Waals surface area (Å²) in [5, 5.41) is 0. The van der Waals surface area contributed by atoms with Crippen LogP contribution in [0.3, 0.4) is 0 Å². The molecule has 0 aliphatic carbocycles. The molecule has 0 aromatic heterocycles. The highest BCUT2D eigenvalue weighted by Gasteiger charge is 2.11. The molecule has 0 saturated carbocycles. The normalized spacial score (nSPS) is 17.1. The van der Waals surface area contributed by atoms with Gasteiger partial charge < -0.3 is 4.74 Å². The van der Waals surface area contributed by atoms with Gasteiger partial charge in [0, 0.05) is 6.54 Å². The van der Waals surface area contributed by atoms with Crippen LogP contribution >= 0.6 is 0 Å². The summed E-state index contributed by atoms with van der Waals surface area (Å²) in [7, 11) is 0. The standard InChI is InChI=1S/C15H23NO/c1-3-17-15-11-14(8-7-13(15)2)12-16-9-5-4-6-10-16/h7-8,11H,3-6,9-10,12H2,1-2H3. The summed E-state index contributed by atoms with van der Waals surface area (Å²) in [5.41, 5.74) is 2.61. The molecule has 1 fully saturated rings. The van der Waals surface area contributed by atoms with Crippen LogP contribution in [0.5, 0.6) is 5.75 Å². The minimum atomic E-state index is 0.744. The Labute approximate surface area is 105 Å². The van der Waals surface area contributed by atoms with Crippen molar-refractivity contribution in [3.63, 3.8) is 0 Å². The van der Waals surface area contributed by atoms with E-state index < -0.39 is 0 Å². The largest absolute Gasteiger partial charge is 0.494 e. The third-order valence-electron chi connectivity index (χ3n) is 3.41. The number of ether oxygens (including phenoxy) is 1. The summed E-state index contributed by atoms with van der Waals surface area (Å²) < 4.78 is 5.65. The minimum Gasteiger partial charge on any atom is -0.494 e. The Kier molecular flexibility index (Phi) is 4.43. The molecule has 1 aliphatic rings. The van der Waals surface area contributed by atoms with Crippen LogP contribution in [0.2, 0.25) is 0 Å².